The molecule has 0 fully saturated rings. The summed E-state index contributed by atoms with van der Waals surface area (Å²) in [6, 6.07) is 40.2. The third-order valence-corrected chi connectivity index (χ3v) is 4.96. The van der Waals surface area contributed by atoms with Gasteiger partial charge in [0.05, 0.1) is 5.69 Å². The first-order valence-electron chi connectivity index (χ1n) is 10.0. The van der Waals surface area contributed by atoms with Gasteiger partial charge in [-0.3, -0.25) is 0 Å². The molecule has 31 heavy (non-hydrogen) atoms. The summed E-state index contributed by atoms with van der Waals surface area (Å²) in [7, 11) is 0. The Bertz CT molecular complexity index is 1150. The number of rotatable bonds is 3. The zero-order valence-electron chi connectivity index (χ0n) is 16.9. The second-order valence-corrected chi connectivity index (χ2v) is 7.31. The summed E-state index contributed by atoms with van der Waals surface area (Å²) in [6.45, 7) is 0. The predicted octanol–water partition coefficient (Wildman–Crippen LogP) is 7.82. The average Bonchev–Trinajstić information content (AvgIpc) is 2.87. The van der Waals surface area contributed by atoms with Gasteiger partial charge in [-0.05, 0) is 29.3 Å². The summed E-state index contributed by atoms with van der Waals surface area (Å²) in [5.74, 6) is 0.761. The lowest BCUT2D eigenvalue weighted by Gasteiger charge is -2.03. The van der Waals surface area contributed by atoms with Crippen LogP contribution in [0.15, 0.2) is 128 Å². The Morgan fingerprint density at radius 1 is 0.452 bits per heavy atom. The fraction of sp³-hybridized carbons (Fsp3) is 0. The van der Waals surface area contributed by atoms with E-state index in [0.29, 0.717) is 0 Å². The van der Waals surface area contributed by atoms with E-state index < -0.39 is 0 Å². The second kappa shape index (κ2) is 10.3. The molecule has 3 heteroatoms. The van der Waals surface area contributed by atoms with Crippen molar-refractivity contribution in [2.75, 3.05) is 0 Å². The normalized spacial score (nSPS) is 10.1. The van der Waals surface area contributed by atoms with E-state index in [2.05, 4.69) is 34.2 Å². The topological polar surface area (TPSA) is 25.8 Å². The van der Waals surface area contributed by atoms with Crippen molar-refractivity contribution in [3.8, 4) is 33.8 Å². The molecule has 0 atom stereocenters. The molecule has 5 aromatic rings. The Balaban J connectivity index is 0.000000158. The first-order chi connectivity index (χ1) is 15.3. The lowest BCUT2D eigenvalue weighted by atomic mass is 10.1. The van der Waals surface area contributed by atoms with E-state index in [9.17, 15) is 0 Å². The minimum absolute atomic E-state index is 0.761. The average molecular weight is 421 g/mol. The Morgan fingerprint density at radius 2 is 0.935 bits per heavy atom. The van der Waals surface area contributed by atoms with Crippen LogP contribution in [0.3, 0.4) is 0 Å². The summed E-state index contributed by atoms with van der Waals surface area (Å²) >= 11 is 5.80. The van der Waals surface area contributed by atoms with Crippen LogP contribution in [0.2, 0.25) is 5.02 Å². The van der Waals surface area contributed by atoms with E-state index >= 15 is 0 Å². The van der Waals surface area contributed by atoms with Crippen LogP contribution in [-0.4, -0.2) is 9.97 Å². The number of hydrogen-bond acceptors (Lipinski definition) is 2. The molecule has 0 aliphatic heterocycles. The van der Waals surface area contributed by atoms with Crippen molar-refractivity contribution in [2.45, 2.75) is 0 Å². The van der Waals surface area contributed by atoms with E-state index in [4.69, 9.17) is 11.6 Å². The molecule has 2 nitrogen and oxygen atoms in total. The highest BCUT2D eigenvalue weighted by atomic mass is 35.5. The standard InChI is InChI=1S/C16H12N2.C12H9Cl/c1-3-7-13(8-4-1)15-11-12-17-16(18-15)14-9-5-2-6-10-14;13-12-8-6-11(7-9-12)10-4-2-1-3-5-10/h1-12H;1-9H. The van der Waals surface area contributed by atoms with Crippen molar-refractivity contribution >= 4 is 11.6 Å². The van der Waals surface area contributed by atoms with Crippen LogP contribution < -0.4 is 0 Å². The molecule has 5 rings (SSSR count). The van der Waals surface area contributed by atoms with E-state index in [1.54, 1.807) is 6.20 Å². The minimum Gasteiger partial charge on any atom is -0.237 e. The van der Waals surface area contributed by atoms with Gasteiger partial charge < -0.3 is 0 Å². The SMILES string of the molecule is Clc1ccc(-c2ccccc2)cc1.c1ccc(-c2ccnc(-c3ccccc3)n2)cc1. The minimum atomic E-state index is 0.761. The van der Waals surface area contributed by atoms with Crippen molar-refractivity contribution < 1.29 is 0 Å². The van der Waals surface area contributed by atoms with Crippen LogP contribution >= 0.6 is 11.6 Å². The molecule has 4 aromatic carbocycles. The van der Waals surface area contributed by atoms with Gasteiger partial charge in [-0.25, -0.2) is 9.97 Å². The first-order valence-corrected chi connectivity index (χ1v) is 10.4. The molecule has 0 saturated carbocycles. The van der Waals surface area contributed by atoms with Gasteiger partial charge in [0.15, 0.2) is 5.82 Å². The van der Waals surface area contributed by atoms with Gasteiger partial charge in [0.1, 0.15) is 0 Å². The Morgan fingerprint density at radius 3 is 1.52 bits per heavy atom. The fourth-order valence-electron chi connectivity index (χ4n) is 3.13. The maximum absolute atomic E-state index is 5.80. The van der Waals surface area contributed by atoms with Crippen LogP contribution in [0, 0.1) is 0 Å². The van der Waals surface area contributed by atoms with Crippen molar-refractivity contribution in [3.63, 3.8) is 0 Å². The molecule has 0 saturated heterocycles. The number of halogens is 1. The highest BCUT2D eigenvalue weighted by Gasteiger charge is 2.03. The number of nitrogens with zero attached hydrogens (tertiary/aromatic N) is 2. The molecule has 1 aromatic heterocycles. The Hall–Kier alpha value is -3.75. The maximum Gasteiger partial charge on any atom is 0.159 e. The second-order valence-electron chi connectivity index (χ2n) is 6.87. The highest BCUT2D eigenvalue weighted by Crippen LogP contribution is 2.21. The molecular formula is C28H21ClN2. The molecule has 0 bridgehead atoms. The summed E-state index contributed by atoms with van der Waals surface area (Å²) < 4.78 is 0. The van der Waals surface area contributed by atoms with Crippen molar-refractivity contribution in [1.82, 2.24) is 9.97 Å². The Labute approximate surface area is 187 Å². The zero-order chi connectivity index (χ0) is 21.3. The smallest absolute Gasteiger partial charge is 0.159 e. The fourth-order valence-corrected chi connectivity index (χ4v) is 3.25. The van der Waals surface area contributed by atoms with Gasteiger partial charge in [0, 0.05) is 22.3 Å². The number of hydrogen-bond donors (Lipinski definition) is 0. The number of benzene rings is 4. The predicted molar refractivity (Wildman–Crippen MR) is 130 cm³/mol. The van der Waals surface area contributed by atoms with E-state index in [1.165, 1.54) is 11.1 Å². The van der Waals surface area contributed by atoms with E-state index in [0.717, 1.165) is 27.7 Å². The van der Waals surface area contributed by atoms with Gasteiger partial charge in [-0.2, -0.15) is 0 Å². The van der Waals surface area contributed by atoms with E-state index in [1.807, 2.05) is 97.1 Å². The van der Waals surface area contributed by atoms with E-state index in [-0.39, 0.29) is 0 Å². The molecule has 0 spiro atoms. The lowest BCUT2D eigenvalue weighted by molar-refractivity contribution is 1.18. The van der Waals surface area contributed by atoms with Gasteiger partial charge >= 0.3 is 0 Å². The van der Waals surface area contributed by atoms with Crippen molar-refractivity contribution in [3.05, 3.63) is 133 Å². The Kier molecular flexibility index (Phi) is 6.84. The van der Waals surface area contributed by atoms with Crippen molar-refractivity contribution in [1.29, 1.82) is 0 Å². The quantitative estimate of drug-likeness (QED) is 0.297. The molecule has 1 heterocycles. The van der Waals surface area contributed by atoms with Crippen LogP contribution in [0.5, 0.6) is 0 Å². The molecular weight excluding hydrogens is 400 g/mol. The number of aromatic nitrogens is 2. The summed E-state index contributed by atoms with van der Waals surface area (Å²) in [6.07, 6.45) is 1.80. The molecule has 0 unspecified atom stereocenters. The monoisotopic (exact) mass is 420 g/mol. The van der Waals surface area contributed by atoms with Gasteiger partial charge in [-0.15, -0.1) is 0 Å². The molecule has 0 aliphatic carbocycles. The lowest BCUT2D eigenvalue weighted by Crippen LogP contribution is -1.90. The van der Waals surface area contributed by atoms with Crippen molar-refractivity contribution in [2.24, 2.45) is 0 Å². The largest absolute Gasteiger partial charge is 0.237 e. The summed E-state index contributed by atoms with van der Waals surface area (Å²) in [5, 5.41) is 0.777. The van der Waals surface area contributed by atoms with Crippen LogP contribution in [0.4, 0.5) is 0 Å². The molecule has 0 N–H and O–H groups in total. The van der Waals surface area contributed by atoms with Crippen LogP contribution in [0.1, 0.15) is 0 Å². The first kappa shape index (κ1) is 20.5. The zero-order valence-corrected chi connectivity index (χ0v) is 17.7. The van der Waals surface area contributed by atoms with Crippen LogP contribution in [0.25, 0.3) is 33.8 Å². The molecule has 0 amide bonds. The van der Waals surface area contributed by atoms with Gasteiger partial charge in [-0.1, -0.05) is 115 Å². The third kappa shape index (κ3) is 5.65. The summed E-state index contributed by atoms with van der Waals surface area (Å²) in [5.41, 5.74) is 5.51. The molecule has 0 aliphatic rings. The summed E-state index contributed by atoms with van der Waals surface area (Å²) in [4.78, 5) is 8.93. The maximum atomic E-state index is 5.80. The molecule has 0 radical (unpaired) electrons. The molecule has 150 valence electrons. The van der Waals surface area contributed by atoms with Gasteiger partial charge in [0.2, 0.25) is 0 Å². The van der Waals surface area contributed by atoms with Crippen LogP contribution in [-0.2, 0) is 0 Å². The third-order valence-electron chi connectivity index (χ3n) is 4.71. The van der Waals surface area contributed by atoms with Gasteiger partial charge in [0.25, 0.3) is 0 Å². The highest BCUT2D eigenvalue weighted by molar-refractivity contribution is 6.30.